The molecule has 0 amide bonds. The van der Waals surface area contributed by atoms with E-state index in [4.69, 9.17) is 42.6 Å². The van der Waals surface area contributed by atoms with Gasteiger partial charge in [-0.3, -0.25) is 24.0 Å². The van der Waals surface area contributed by atoms with Crippen LogP contribution in [0.15, 0.2) is 61.2 Å². The first-order valence-electron chi connectivity index (χ1n) is 37.6. The minimum absolute atomic E-state index is 0.131. The largest absolute Gasteiger partial charge is 0.493 e. The summed E-state index contributed by atoms with van der Waals surface area (Å²) in [6.45, 7) is 17.9. The second-order valence-electron chi connectivity index (χ2n) is 26.8. The molecule has 0 fully saturated rings. The van der Waals surface area contributed by atoms with Crippen molar-refractivity contribution in [3.63, 3.8) is 0 Å². The van der Waals surface area contributed by atoms with Gasteiger partial charge in [0.05, 0.1) is 59.3 Å². The Bertz CT molecular complexity index is 3110. The van der Waals surface area contributed by atoms with Gasteiger partial charge in [0, 0.05) is 38.9 Å². The smallest absolute Gasteiger partial charge is 0.330 e. The van der Waals surface area contributed by atoms with Gasteiger partial charge in [-0.15, -0.1) is 0 Å². The van der Waals surface area contributed by atoms with Crippen LogP contribution in [0.3, 0.4) is 0 Å². The molecule has 5 rings (SSSR count). The second kappa shape index (κ2) is 48.7. The van der Waals surface area contributed by atoms with Crippen molar-refractivity contribution in [3.8, 4) is 23.0 Å². The lowest BCUT2D eigenvalue weighted by molar-refractivity contribution is -0.155. The van der Waals surface area contributed by atoms with Gasteiger partial charge in [0.15, 0.2) is 6.29 Å². The zero-order valence-corrected chi connectivity index (χ0v) is 61.5. The van der Waals surface area contributed by atoms with Crippen LogP contribution in [0.25, 0.3) is 0 Å². The zero-order chi connectivity index (χ0) is 71.4. The molecule has 16 heteroatoms. The molecule has 0 saturated heterocycles. The van der Waals surface area contributed by atoms with Crippen LogP contribution < -0.4 is 18.9 Å². The fourth-order valence-electron chi connectivity index (χ4n) is 12.7. The number of ether oxygens (including phenoxy) is 9. The molecule has 8 bridgehead atoms. The predicted molar refractivity (Wildman–Crippen MR) is 390 cm³/mol. The minimum atomic E-state index is -1.26. The molecule has 548 valence electrons. The van der Waals surface area contributed by atoms with E-state index in [1.54, 1.807) is 0 Å². The van der Waals surface area contributed by atoms with E-state index < -0.39 is 30.2 Å². The first-order valence-corrected chi connectivity index (χ1v) is 37.6. The quantitative estimate of drug-likeness (QED) is 0.00959. The lowest BCUT2D eigenvalue weighted by Gasteiger charge is -2.25. The van der Waals surface area contributed by atoms with Crippen LogP contribution in [0, 0.1) is 0 Å². The third-order valence-corrected chi connectivity index (χ3v) is 17.8. The van der Waals surface area contributed by atoms with Gasteiger partial charge in [-0.1, -0.05) is 186 Å². The number of carbonyl (C=O) groups excluding carboxylic acids is 6. The molecule has 1 aliphatic rings. The maximum Gasteiger partial charge on any atom is 0.330 e. The van der Waals surface area contributed by atoms with Crippen molar-refractivity contribution in [2.24, 2.45) is 0 Å². The van der Waals surface area contributed by atoms with Crippen LogP contribution in [0.1, 0.15) is 282 Å². The summed E-state index contributed by atoms with van der Waals surface area (Å²) in [5.41, 5.74) is 11.9. The SMILES string of the molecule is C=CC(=O)OCCCc1cc2c(OCCCCCCC)c(c1)Cc1cc(CCCOC(=O)CC(O)OC)cc(c1OCCCCCCC)Cc1cc(CCCOC(=O)CC(C)=O)cc(c1OCCCCCCC)Cc1cc(CCCOC(=O)CC(C)=O)cc(c1OCCCCCCC)C2. The number of unbranched alkanes of at least 4 members (excludes halogenated alkanes) is 16. The number of esters is 4. The van der Waals surface area contributed by atoms with Crippen LogP contribution >= 0.6 is 0 Å². The van der Waals surface area contributed by atoms with Gasteiger partial charge in [0.25, 0.3) is 0 Å². The van der Waals surface area contributed by atoms with Crippen LogP contribution in [0.2, 0.25) is 0 Å². The van der Waals surface area contributed by atoms with Crippen LogP contribution in [0.4, 0.5) is 0 Å². The first kappa shape index (κ1) is 82.6. The third kappa shape index (κ3) is 32.4. The van der Waals surface area contributed by atoms with E-state index in [0.29, 0.717) is 103 Å². The molecule has 0 saturated carbocycles. The molecular formula is C83H120O16. The fraction of sp³-hybridized carbons (Fsp3) is 0.614. The molecule has 1 N–H and O–H groups in total. The van der Waals surface area contributed by atoms with Gasteiger partial charge in [-0.2, -0.15) is 0 Å². The third-order valence-electron chi connectivity index (χ3n) is 17.8. The summed E-state index contributed by atoms with van der Waals surface area (Å²) >= 11 is 0. The lowest BCUT2D eigenvalue weighted by atomic mass is 9.87. The van der Waals surface area contributed by atoms with E-state index >= 15 is 0 Å². The number of carbonyl (C=O) groups is 6. The number of ketones is 2. The molecule has 99 heavy (non-hydrogen) atoms. The number of aliphatic hydroxyl groups is 1. The molecule has 0 heterocycles. The lowest BCUT2D eigenvalue weighted by Crippen LogP contribution is -2.17. The Hall–Kier alpha value is -7.04. The number of fused-ring (bicyclic) bond motifs is 8. The van der Waals surface area contributed by atoms with Crippen molar-refractivity contribution < 1.29 is 76.5 Å². The molecule has 0 aromatic heterocycles. The molecule has 4 aromatic rings. The summed E-state index contributed by atoms with van der Waals surface area (Å²) in [5.74, 6) is 0.554. The van der Waals surface area contributed by atoms with E-state index in [1.165, 1.54) is 27.0 Å². The van der Waals surface area contributed by atoms with Gasteiger partial charge >= 0.3 is 23.9 Å². The minimum Gasteiger partial charge on any atom is -0.493 e. The van der Waals surface area contributed by atoms with Crippen LogP contribution in [-0.2, 0) is 104 Å². The highest BCUT2D eigenvalue weighted by molar-refractivity contribution is 5.94. The Morgan fingerprint density at radius 2 is 0.626 bits per heavy atom. The molecule has 1 aliphatic carbocycles. The zero-order valence-electron chi connectivity index (χ0n) is 61.5. The Kier molecular flexibility index (Phi) is 40.6. The normalized spacial score (nSPS) is 12.1. The topological polar surface area (TPSA) is 206 Å². The van der Waals surface area contributed by atoms with Crippen molar-refractivity contribution in [1.29, 1.82) is 0 Å². The fourth-order valence-corrected chi connectivity index (χ4v) is 12.7. The van der Waals surface area contributed by atoms with Crippen molar-refractivity contribution >= 4 is 35.4 Å². The summed E-state index contributed by atoms with van der Waals surface area (Å²) in [6, 6.07) is 18.0. The van der Waals surface area contributed by atoms with Crippen molar-refractivity contribution in [2.45, 2.75) is 273 Å². The van der Waals surface area contributed by atoms with Crippen LogP contribution in [-0.4, -0.2) is 107 Å². The van der Waals surface area contributed by atoms with Gasteiger partial charge in [-0.05, 0) is 158 Å². The molecular weight excluding hydrogens is 1250 g/mol. The highest BCUT2D eigenvalue weighted by atomic mass is 16.6. The number of aryl methyl sites for hydroxylation is 4. The summed E-state index contributed by atoms with van der Waals surface area (Å²) < 4.78 is 56.5. The Labute approximate surface area is 592 Å². The Morgan fingerprint density at radius 1 is 0.374 bits per heavy atom. The summed E-state index contributed by atoms with van der Waals surface area (Å²) in [7, 11) is 1.34. The van der Waals surface area contributed by atoms with Gasteiger partial charge in [0.1, 0.15) is 47.4 Å². The Morgan fingerprint density at radius 3 is 0.869 bits per heavy atom. The number of methoxy groups -OCH3 is 1. The first-order chi connectivity index (χ1) is 48.1. The van der Waals surface area contributed by atoms with Gasteiger partial charge < -0.3 is 47.7 Å². The molecule has 0 radical (unpaired) electrons. The standard InChI is InChI=1S/C83H120O16/c1-9-14-18-22-26-38-96-80-67-48-63(34-30-42-92-75(86)13-5)49-68(80)57-73-54-66(37-33-45-95-79(90)60-76(87)91-8)55-74(83(73)99-41-29-25-21-17-12-4)59-72-53-65(36-32-44-94-78(89)47-62(7)85)52-71(82(72)98-40-28-24-20-16-11-3)58-70-51-64(35-31-43-93-77(88)46-61(6)84)50-69(56-67)81(70)97-39-27-23-19-15-10-2/h13,48-55,76,87H,5,9-12,14-47,56-60H2,1-4,6-8H3. The number of rotatable bonds is 52. The number of hydrogen-bond donors (Lipinski definition) is 1. The van der Waals surface area contributed by atoms with Crippen molar-refractivity contribution in [2.75, 3.05) is 60.0 Å². The molecule has 1 atom stereocenters. The average Bonchev–Trinajstić information content (AvgIpc) is 0.777. The molecule has 1 unspecified atom stereocenters. The maximum absolute atomic E-state index is 12.9. The van der Waals surface area contributed by atoms with Crippen molar-refractivity contribution in [3.05, 3.63) is 128 Å². The molecule has 16 nitrogen and oxygen atoms in total. The molecule has 0 spiro atoms. The highest BCUT2D eigenvalue weighted by Gasteiger charge is 2.26. The molecule has 4 aromatic carbocycles. The molecule has 0 aliphatic heterocycles. The van der Waals surface area contributed by atoms with Gasteiger partial charge in [0.2, 0.25) is 0 Å². The number of hydrogen-bond acceptors (Lipinski definition) is 16. The summed E-state index contributed by atoms with van der Waals surface area (Å²) in [4.78, 5) is 74.6. The van der Waals surface area contributed by atoms with E-state index in [0.717, 1.165) is 218 Å². The van der Waals surface area contributed by atoms with Gasteiger partial charge in [-0.25, -0.2) is 4.79 Å². The average molecular weight is 1370 g/mol. The van der Waals surface area contributed by atoms with Crippen LogP contribution in [0.5, 0.6) is 23.0 Å². The van der Waals surface area contributed by atoms with E-state index in [2.05, 4.69) is 82.8 Å². The monoisotopic (exact) mass is 1370 g/mol. The number of aliphatic hydroxyl groups excluding tert-OH is 1. The predicted octanol–water partition coefficient (Wildman–Crippen LogP) is 17.2. The van der Waals surface area contributed by atoms with E-state index in [-0.39, 0.29) is 57.3 Å². The second-order valence-corrected chi connectivity index (χ2v) is 26.8. The van der Waals surface area contributed by atoms with Crippen molar-refractivity contribution in [1.82, 2.24) is 0 Å². The van der Waals surface area contributed by atoms with E-state index in [1.807, 2.05) is 0 Å². The summed E-state index contributed by atoms with van der Waals surface area (Å²) in [6.07, 6.45) is 26.1. The Balaban J connectivity index is 1.92. The summed E-state index contributed by atoms with van der Waals surface area (Å²) in [5, 5.41) is 10.1. The maximum atomic E-state index is 12.9. The highest BCUT2D eigenvalue weighted by Crippen LogP contribution is 2.42. The number of benzene rings is 4. The number of Topliss-reactive ketones (excluding diaryl/α,β-unsaturated/α-hetero) is 2. The van der Waals surface area contributed by atoms with E-state index in [9.17, 15) is 33.9 Å².